The summed E-state index contributed by atoms with van der Waals surface area (Å²) >= 11 is 5.76. The molecule has 0 bridgehead atoms. The van der Waals surface area contributed by atoms with Crippen LogP contribution in [-0.2, 0) is 14.8 Å². The molecule has 28 heavy (non-hydrogen) atoms. The Morgan fingerprint density at radius 1 is 1.29 bits per heavy atom. The number of halogens is 2. The molecule has 2 unspecified atom stereocenters. The minimum absolute atomic E-state index is 0.110. The van der Waals surface area contributed by atoms with Gasteiger partial charge in [0.15, 0.2) is 0 Å². The highest BCUT2D eigenvalue weighted by molar-refractivity contribution is 7.90. The zero-order valence-electron chi connectivity index (χ0n) is 15.2. The average molecular weight is 424 g/mol. The topological polar surface area (TPSA) is 87.6 Å². The Bertz CT molecular complexity index is 1060. The normalized spacial score (nSPS) is 18.2. The highest BCUT2D eigenvalue weighted by Crippen LogP contribution is 2.25. The SMILES string of the molecule is CCC(C)C(N=C1NS(=O)(=O)c2ccccc21)C(=O)Nc1ccc(F)c(Cl)c1. The van der Waals surface area contributed by atoms with Gasteiger partial charge in [0.2, 0.25) is 5.91 Å². The molecule has 0 aliphatic carbocycles. The number of benzene rings is 2. The van der Waals surface area contributed by atoms with Crippen LogP contribution in [0.15, 0.2) is 52.4 Å². The summed E-state index contributed by atoms with van der Waals surface area (Å²) < 4.78 is 40.3. The van der Waals surface area contributed by atoms with Gasteiger partial charge in [-0.25, -0.2) is 12.8 Å². The highest BCUT2D eigenvalue weighted by Gasteiger charge is 2.33. The standard InChI is InChI=1S/C19H19ClFN3O3S/c1-3-11(2)17(19(25)22-12-8-9-15(21)14(20)10-12)23-18-13-6-4-5-7-16(13)28(26,27)24-18/h4-11,17H,3H2,1-2H3,(H,22,25)(H,23,24). The van der Waals surface area contributed by atoms with Crippen molar-refractivity contribution in [3.8, 4) is 0 Å². The fraction of sp³-hybridized carbons (Fsp3) is 0.263. The second kappa shape index (κ2) is 7.89. The largest absolute Gasteiger partial charge is 0.324 e. The first-order valence-corrected chi connectivity index (χ1v) is 10.5. The summed E-state index contributed by atoms with van der Waals surface area (Å²) in [5.74, 6) is -1.06. The van der Waals surface area contributed by atoms with Crippen LogP contribution in [0.25, 0.3) is 0 Å². The van der Waals surface area contributed by atoms with Gasteiger partial charge >= 0.3 is 0 Å². The molecule has 0 saturated carbocycles. The summed E-state index contributed by atoms with van der Waals surface area (Å²) in [6.07, 6.45) is 0.646. The molecule has 2 aromatic carbocycles. The van der Waals surface area contributed by atoms with Crippen molar-refractivity contribution < 1.29 is 17.6 Å². The van der Waals surface area contributed by atoms with Gasteiger partial charge in [0.1, 0.15) is 17.7 Å². The lowest BCUT2D eigenvalue weighted by Crippen LogP contribution is -2.34. The van der Waals surface area contributed by atoms with E-state index in [0.29, 0.717) is 17.7 Å². The molecule has 3 rings (SSSR count). The van der Waals surface area contributed by atoms with E-state index in [-0.39, 0.29) is 21.7 Å². The smallest absolute Gasteiger partial charge is 0.263 e. The fourth-order valence-corrected chi connectivity index (χ4v) is 4.25. The summed E-state index contributed by atoms with van der Waals surface area (Å²) in [6.45, 7) is 3.76. The molecular formula is C19H19ClFN3O3S. The van der Waals surface area contributed by atoms with E-state index in [1.165, 1.54) is 18.2 Å². The number of carbonyl (C=O) groups excluding carboxylic acids is 1. The summed E-state index contributed by atoms with van der Waals surface area (Å²) in [6, 6.07) is 9.46. The maximum absolute atomic E-state index is 13.3. The molecule has 1 heterocycles. The number of hydrogen-bond acceptors (Lipinski definition) is 4. The van der Waals surface area contributed by atoms with Crippen LogP contribution in [0.1, 0.15) is 25.8 Å². The molecule has 9 heteroatoms. The van der Waals surface area contributed by atoms with Crippen molar-refractivity contribution >= 4 is 39.1 Å². The molecule has 2 N–H and O–H groups in total. The molecule has 1 amide bonds. The molecule has 1 aliphatic rings. The van der Waals surface area contributed by atoms with Crippen molar-refractivity contribution in [3.63, 3.8) is 0 Å². The molecule has 0 saturated heterocycles. The monoisotopic (exact) mass is 423 g/mol. The fourth-order valence-electron chi connectivity index (χ4n) is 2.83. The van der Waals surface area contributed by atoms with E-state index >= 15 is 0 Å². The third kappa shape index (κ3) is 4.02. The van der Waals surface area contributed by atoms with E-state index < -0.39 is 27.8 Å². The number of nitrogens with one attached hydrogen (secondary N) is 2. The van der Waals surface area contributed by atoms with E-state index in [9.17, 15) is 17.6 Å². The summed E-state index contributed by atoms with van der Waals surface area (Å²) in [4.78, 5) is 17.4. The Balaban J connectivity index is 1.94. The minimum atomic E-state index is -3.70. The number of aliphatic imine (C=N–C) groups is 1. The van der Waals surface area contributed by atoms with Crippen LogP contribution >= 0.6 is 11.6 Å². The van der Waals surface area contributed by atoms with Gasteiger partial charge in [-0.2, -0.15) is 0 Å². The highest BCUT2D eigenvalue weighted by atomic mass is 35.5. The van der Waals surface area contributed by atoms with E-state index in [1.54, 1.807) is 18.2 Å². The van der Waals surface area contributed by atoms with E-state index in [2.05, 4.69) is 15.0 Å². The number of nitrogens with zero attached hydrogens (tertiary/aromatic N) is 1. The lowest BCUT2D eigenvalue weighted by atomic mass is 9.98. The Labute approximate surface area is 167 Å². The first-order chi connectivity index (χ1) is 13.2. The number of hydrogen-bond donors (Lipinski definition) is 2. The van der Waals surface area contributed by atoms with Crippen LogP contribution in [0.4, 0.5) is 10.1 Å². The lowest BCUT2D eigenvalue weighted by Gasteiger charge is -2.19. The third-order valence-electron chi connectivity index (χ3n) is 4.57. The minimum Gasteiger partial charge on any atom is -0.324 e. The van der Waals surface area contributed by atoms with E-state index in [1.807, 2.05) is 13.8 Å². The number of rotatable bonds is 5. The number of amides is 1. The van der Waals surface area contributed by atoms with Gasteiger partial charge in [-0.3, -0.25) is 14.5 Å². The Morgan fingerprint density at radius 2 is 2.00 bits per heavy atom. The van der Waals surface area contributed by atoms with Gasteiger partial charge in [-0.1, -0.05) is 44.0 Å². The van der Waals surface area contributed by atoms with Crippen molar-refractivity contribution in [2.24, 2.45) is 10.9 Å². The third-order valence-corrected chi connectivity index (χ3v) is 6.26. The molecule has 148 valence electrons. The van der Waals surface area contributed by atoms with Crippen molar-refractivity contribution in [3.05, 3.63) is 58.9 Å². The second-order valence-corrected chi connectivity index (χ2v) is 8.59. The molecule has 0 radical (unpaired) electrons. The maximum atomic E-state index is 13.3. The molecule has 0 fully saturated rings. The zero-order chi connectivity index (χ0) is 20.5. The van der Waals surface area contributed by atoms with Gasteiger partial charge in [0.25, 0.3) is 10.0 Å². The molecule has 1 aliphatic heterocycles. The van der Waals surface area contributed by atoms with Crippen molar-refractivity contribution in [1.29, 1.82) is 0 Å². The summed E-state index contributed by atoms with van der Waals surface area (Å²) in [5, 5.41) is 2.56. The van der Waals surface area contributed by atoms with E-state index in [0.717, 1.165) is 6.07 Å². The Morgan fingerprint density at radius 3 is 2.68 bits per heavy atom. The first-order valence-electron chi connectivity index (χ1n) is 8.69. The van der Waals surface area contributed by atoms with E-state index in [4.69, 9.17) is 11.6 Å². The lowest BCUT2D eigenvalue weighted by molar-refractivity contribution is -0.118. The number of fused-ring (bicyclic) bond motifs is 1. The zero-order valence-corrected chi connectivity index (χ0v) is 16.8. The van der Waals surface area contributed by atoms with Crippen LogP contribution < -0.4 is 10.0 Å². The molecule has 0 aromatic heterocycles. The van der Waals surface area contributed by atoms with Crippen molar-refractivity contribution in [1.82, 2.24) is 4.72 Å². The Hall–Kier alpha value is -2.45. The van der Waals surface area contributed by atoms with Crippen LogP contribution in [0.2, 0.25) is 5.02 Å². The number of sulfonamides is 1. The van der Waals surface area contributed by atoms with Crippen LogP contribution in [-0.4, -0.2) is 26.2 Å². The molecule has 2 aromatic rings. The van der Waals surface area contributed by atoms with Crippen LogP contribution in [0.5, 0.6) is 0 Å². The van der Waals surface area contributed by atoms with Gasteiger partial charge < -0.3 is 5.32 Å². The molecule has 2 atom stereocenters. The van der Waals surface area contributed by atoms with Crippen LogP contribution in [0.3, 0.4) is 0 Å². The maximum Gasteiger partial charge on any atom is 0.263 e. The number of amidine groups is 1. The van der Waals surface area contributed by atoms with Gasteiger partial charge in [0, 0.05) is 11.3 Å². The number of carbonyl (C=O) groups is 1. The quantitative estimate of drug-likeness (QED) is 0.770. The van der Waals surface area contributed by atoms with Crippen molar-refractivity contribution in [2.75, 3.05) is 5.32 Å². The van der Waals surface area contributed by atoms with Gasteiger partial charge in [-0.15, -0.1) is 0 Å². The second-order valence-electron chi connectivity index (χ2n) is 6.53. The molecular weight excluding hydrogens is 405 g/mol. The van der Waals surface area contributed by atoms with Gasteiger partial charge in [-0.05, 0) is 36.2 Å². The summed E-state index contributed by atoms with van der Waals surface area (Å²) in [7, 11) is -3.70. The Kier molecular flexibility index (Phi) is 5.71. The summed E-state index contributed by atoms with van der Waals surface area (Å²) in [5.41, 5.74) is 0.755. The molecule has 6 nitrogen and oxygen atoms in total. The predicted octanol–water partition coefficient (Wildman–Crippen LogP) is 3.57. The van der Waals surface area contributed by atoms with Crippen molar-refractivity contribution in [2.45, 2.75) is 31.2 Å². The molecule has 0 spiro atoms. The predicted molar refractivity (Wildman–Crippen MR) is 107 cm³/mol. The van der Waals surface area contributed by atoms with Gasteiger partial charge in [0.05, 0.1) is 9.92 Å². The average Bonchev–Trinajstić information content (AvgIpc) is 2.92. The van der Waals surface area contributed by atoms with Crippen LogP contribution in [0, 0.1) is 11.7 Å². The first kappa shape index (κ1) is 20.3. The number of anilines is 1.